The van der Waals surface area contributed by atoms with E-state index < -0.39 is 12.1 Å². The van der Waals surface area contributed by atoms with Crippen LogP contribution in [0.2, 0.25) is 10.0 Å². The second kappa shape index (κ2) is 7.84. The smallest absolute Gasteiger partial charge is 0.311 e. The summed E-state index contributed by atoms with van der Waals surface area (Å²) < 4.78 is 5.17. The van der Waals surface area contributed by atoms with Gasteiger partial charge in [-0.05, 0) is 31.9 Å². The molecule has 1 N–H and O–H groups in total. The zero-order valence-electron chi connectivity index (χ0n) is 12.4. The number of rotatable bonds is 5. The number of hydrogen-bond acceptors (Lipinski definition) is 3. The van der Waals surface area contributed by atoms with Gasteiger partial charge in [0.15, 0.2) is 6.10 Å². The van der Waals surface area contributed by atoms with Crippen LogP contribution in [0.4, 0.5) is 0 Å². The first-order valence-corrected chi connectivity index (χ1v) is 8.15. The van der Waals surface area contributed by atoms with Crippen LogP contribution in [0.25, 0.3) is 0 Å². The summed E-state index contributed by atoms with van der Waals surface area (Å²) >= 11 is 12.0. The van der Waals surface area contributed by atoms with Crippen molar-refractivity contribution in [1.82, 2.24) is 5.32 Å². The maximum Gasteiger partial charge on any atom is 0.311 e. The number of hydrogen-bond donors (Lipinski definition) is 1. The van der Waals surface area contributed by atoms with E-state index in [1.165, 1.54) is 0 Å². The summed E-state index contributed by atoms with van der Waals surface area (Å²) in [5.41, 5.74) is 0.513. The van der Waals surface area contributed by atoms with E-state index >= 15 is 0 Å². The first-order chi connectivity index (χ1) is 10.5. The van der Waals surface area contributed by atoms with Crippen LogP contribution < -0.4 is 5.32 Å². The molecule has 1 fully saturated rings. The van der Waals surface area contributed by atoms with Gasteiger partial charge in [0.25, 0.3) is 5.91 Å². The summed E-state index contributed by atoms with van der Waals surface area (Å²) in [6.07, 6.45) is 3.35. The second-order valence-electron chi connectivity index (χ2n) is 5.50. The zero-order valence-corrected chi connectivity index (χ0v) is 13.9. The molecule has 0 bridgehead atoms. The third kappa shape index (κ3) is 4.62. The van der Waals surface area contributed by atoms with E-state index in [2.05, 4.69) is 5.32 Å². The molecule has 0 radical (unpaired) electrons. The maximum absolute atomic E-state index is 12.0. The summed E-state index contributed by atoms with van der Waals surface area (Å²) in [4.78, 5) is 23.9. The van der Waals surface area contributed by atoms with Gasteiger partial charge in [0.05, 0.1) is 6.42 Å². The first kappa shape index (κ1) is 17.1. The van der Waals surface area contributed by atoms with Gasteiger partial charge >= 0.3 is 5.97 Å². The summed E-state index contributed by atoms with van der Waals surface area (Å²) in [5.74, 6) is -0.783. The van der Waals surface area contributed by atoms with Crippen LogP contribution in [0.3, 0.4) is 0 Å². The Bertz CT molecular complexity index is 536. The molecular weight excluding hydrogens is 325 g/mol. The van der Waals surface area contributed by atoms with Crippen molar-refractivity contribution in [3.8, 4) is 0 Å². The number of esters is 1. The van der Waals surface area contributed by atoms with Crippen molar-refractivity contribution in [2.45, 2.75) is 51.2 Å². The SMILES string of the molecule is CC(OC(=O)Cc1c(Cl)cccc1Cl)C(=O)NC1CCCC1. The predicted octanol–water partition coefficient (Wildman–Crippen LogP) is 3.53. The molecule has 1 unspecified atom stereocenters. The molecule has 6 heteroatoms. The highest BCUT2D eigenvalue weighted by Crippen LogP contribution is 2.25. The molecule has 0 aromatic heterocycles. The predicted molar refractivity (Wildman–Crippen MR) is 86.1 cm³/mol. The van der Waals surface area contributed by atoms with Gasteiger partial charge in [0.2, 0.25) is 0 Å². The number of amides is 1. The fourth-order valence-electron chi connectivity index (χ4n) is 2.53. The minimum Gasteiger partial charge on any atom is -0.452 e. The van der Waals surface area contributed by atoms with E-state index in [1.807, 2.05) is 0 Å². The van der Waals surface area contributed by atoms with Crippen LogP contribution in [0.5, 0.6) is 0 Å². The van der Waals surface area contributed by atoms with E-state index in [1.54, 1.807) is 25.1 Å². The lowest BCUT2D eigenvalue weighted by molar-refractivity contribution is -0.154. The number of nitrogens with one attached hydrogen (secondary N) is 1. The normalized spacial score (nSPS) is 16.3. The molecule has 4 nitrogen and oxygen atoms in total. The Morgan fingerprint density at radius 3 is 2.45 bits per heavy atom. The van der Waals surface area contributed by atoms with Crippen molar-refractivity contribution in [3.63, 3.8) is 0 Å². The van der Waals surface area contributed by atoms with Gasteiger partial charge < -0.3 is 10.1 Å². The summed E-state index contributed by atoms with van der Waals surface area (Å²) in [5, 5.41) is 3.72. The van der Waals surface area contributed by atoms with Crippen LogP contribution >= 0.6 is 23.2 Å². The Balaban J connectivity index is 1.86. The average Bonchev–Trinajstić information content (AvgIpc) is 2.96. The zero-order chi connectivity index (χ0) is 16.1. The van der Waals surface area contributed by atoms with Gasteiger partial charge in [-0.3, -0.25) is 9.59 Å². The summed E-state index contributed by atoms with van der Waals surface area (Å²) in [6, 6.07) is 5.22. The Morgan fingerprint density at radius 2 is 1.86 bits per heavy atom. The molecule has 0 heterocycles. The number of benzene rings is 1. The number of carbonyl (C=O) groups excluding carboxylic acids is 2. The van der Waals surface area contributed by atoms with Gasteiger partial charge in [-0.2, -0.15) is 0 Å². The molecular formula is C16H19Cl2NO3. The van der Waals surface area contributed by atoms with Crippen LogP contribution in [0.15, 0.2) is 18.2 Å². The van der Waals surface area contributed by atoms with Crippen LogP contribution in [-0.2, 0) is 20.7 Å². The highest BCUT2D eigenvalue weighted by atomic mass is 35.5. The lowest BCUT2D eigenvalue weighted by Gasteiger charge is -2.17. The fraction of sp³-hybridized carbons (Fsp3) is 0.500. The molecule has 1 amide bonds. The number of ether oxygens (including phenoxy) is 1. The Hall–Kier alpha value is -1.26. The molecule has 120 valence electrons. The molecule has 2 rings (SSSR count). The molecule has 1 aromatic carbocycles. The topological polar surface area (TPSA) is 55.4 Å². The highest BCUT2D eigenvalue weighted by Gasteiger charge is 2.23. The minimum absolute atomic E-state index is 0.0560. The number of halogens is 2. The van der Waals surface area contributed by atoms with Gasteiger partial charge in [-0.15, -0.1) is 0 Å². The fourth-order valence-corrected chi connectivity index (χ4v) is 3.06. The van der Waals surface area contributed by atoms with Gasteiger partial charge in [0.1, 0.15) is 0 Å². The maximum atomic E-state index is 12.0. The Kier molecular flexibility index (Phi) is 6.09. The van der Waals surface area contributed by atoms with Crippen LogP contribution in [0.1, 0.15) is 38.2 Å². The van der Waals surface area contributed by atoms with E-state index in [0.717, 1.165) is 25.7 Å². The average molecular weight is 344 g/mol. The van der Waals surface area contributed by atoms with Gasteiger partial charge in [-0.1, -0.05) is 42.1 Å². The lowest BCUT2D eigenvalue weighted by Crippen LogP contribution is -2.41. The van der Waals surface area contributed by atoms with Gasteiger partial charge in [-0.25, -0.2) is 0 Å². The highest BCUT2D eigenvalue weighted by molar-refractivity contribution is 6.36. The van der Waals surface area contributed by atoms with E-state index in [0.29, 0.717) is 15.6 Å². The second-order valence-corrected chi connectivity index (χ2v) is 6.31. The molecule has 1 atom stereocenters. The van der Waals surface area contributed by atoms with Crippen molar-refractivity contribution in [2.24, 2.45) is 0 Å². The minimum atomic E-state index is -0.825. The van der Waals surface area contributed by atoms with Crippen molar-refractivity contribution >= 4 is 35.1 Å². The molecule has 1 aromatic rings. The van der Waals surface area contributed by atoms with E-state index in [9.17, 15) is 9.59 Å². The molecule has 22 heavy (non-hydrogen) atoms. The van der Waals surface area contributed by atoms with Crippen molar-refractivity contribution in [2.75, 3.05) is 0 Å². The molecule has 1 aliphatic carbocycles. The Labute approximate surface area is 140 Å². The quantitative estimate of drug-likeness (QED) is 0.832. The molecule has 0 saturated heterocycles. The third-order valence-corrected chi connectivity index (χ3v) is 4.47. The monoisotopic (exact) mass is 343 g/mol. The third-order valence-electron chi connectivity index (χ3n) is 3.76. The molecule has 1 aliphatic rings. The molecule has 0 aliphatic heterocycles. The largest absolute Gasteiger partial charge is 0.452 e. The standard InChI is InChI=1S/C16H19Cl2NO3/c1-10(16(21)19-11-5-2-3-6-11)22-15(20)9-12-13(17)7-4-8-14(12)18/h4,7-8,10-11H,2-3,5-6,9H2,1H3,(H,19,21). The van der Waals surface area contributed by atoms with Gasteiger partial charge in [0, 0.05) is 21.7 Å². The molecule has 0 spiro atoms. The summed E-state index contributed by atoms with van der Waals surface area (Å²) in [6.45, 7) is 1.57. The molecule has 1 saturated carbocycles. The van der Waals surface area contributed by atoms with E-state index in [4.69, 9.17) is 27.9 Å². The summed E-state index contributed by atoms with van der Waals surface area (Å²) in [7, 11) is 0. The Morgan fingerprint density at radius 1 is 1.27 bits per heavy atom. The van der Waals surface area contributed by atoms with E-state index in [-0.39, 0.29) is 18.4 Å². The van der Waals surface area contributed by atoms with Crippen molar-refractivity contribution < 1.29 is 14.3 Å². The van der Waals surface area contributed by atoms with Crippen LogP contribution in [0, 0.1) is 0 Å². The first-order valence-electron chi connectivity index (χ1n) is 7.40. The van der Waals surface area contributed by atoms with Crippen LogP contribution in [-0.4, -0.2) is 24.0 Å². The lowest BCUT2D eigenvalue weighted by atomic mass is 10.1. The number of carbonyl (C=O) groups is 2. The van der Waals surface area contributed by atoms with Crippen molar-refractivity contribution in [3.05, 3.63) is 33.8 Å². The van der Waals surface area contributed by atoms with Crippen molar-refractivity contribution in [1.29, 1.82) is 0 Å².